The molecule has 2 atom stereocenters. The molecule has 0 spiro atoms. The predicted molar refractivity (Wildman–Crippen MR) is 66.8 cm³/mol. The summed E-state index contributed by atoms with van der Waals surface area (Å²) in [6.07, 6.45) is 2.49. The summed E-state index contributed by atoms with van der Waals surface area (Å²) in [7, 11) is 0. The average molecular weight is 242 g/mol. The number of rotatable bonds is 7. The second-order valence-electron chi connectivity index (χ2n) is 4.29. The molecule has 0 rings (SSSR count). The summed E-state index contributed by atoms with van der Waals surface area (Å²) in [5.74, 6) is -0.744. The molecule has 0 bridgehead atoms. The van der Waals surface area contributed by atoms with Gasteiger partial charge in [-0.2, -0.15) is 0 Å². The Hall–Kier alpha value is -1.52. The number of nitrogens with one attached hydrogen (secondary N) is 2. The largest absolute Gasteiger partial charge is 0.480 e. The zero-order valence-corrected chi connectivity index (χ0v) is 10.7. The van der Waals surface area contributed by atoms with E-state index in [9.17, 15) is 9.59 Å². The number of carboxylic acid groups (broad SMARTS) is 1. The Morgan fingerprint density at radius 2 is 1.94 bits per heavy atom. The molecule has 2 amide bonds. The topological polar surface area (TPSA) is 78.4 Å². The summed E-state index contributed by atoms with van der Waals surface area (Å²) in [6.45, 7) is 9.45. The number of carboxylic acids is 1. The van der Waals surface area contributed by atoms with Gasteiger partial charge in [0.1, 0.15) is 6.04 Å². The summed E-state index contributed by atoms with van der Waals surface area (Å²) >= 11 is 0. The first-order valence-corrected chi connectivity index (χ1v) is 5.83. The molecule has 0 aromatic heterocycles. The van der Waals surface area contributed by atoms with Gasteiger partial charge in [-0.3, -0.25) is 0 Å². The molecular weight excluding hydrogens is 220 g/mol. The molecule has 5 heteroatoms. The Kier molecular flexibility index (Phi) is 7.02. The molecule has 0 aliphatic rings. The van der Waals surface area contributed by atoms with Crippen LogP contribution in [0.4, 0.5) is 4.79 Å². The van der Waals surface area contributed by atoms with E-state index < -0.39 is 18.0 Å². The van der Waals surface area contributed by atoms with Crippen molar-refractivity contribution in [2.24, 2.45) is 5.92 Å². The molecule has 5 nitrogen and oxygen atoms in total. The lowest BCUT2D eigenvalue weighted by molar-refractivity contribution is -0.139. The van der Waals surface area contributed by atoms with Crippen LogP contribution in [0.3, 0.4) is 0 Å². The van der Waals surface area contributed by atoms with E-state index in [4.69, 9.17) is 5.11 Å². The van der Waals surface area contributed by atoms with Crippen molar-refractivity contribution in [1.29, 1.82) is 0 Å². The number of amides is 2. The summed E-state index contributed by atoms with van der Waals surface area (Å²) < 4.78 is 0. The Morgan fingerprint density at radius 3 is 2.29 bits per heavy atom. The van der Waals surface area contributed by atoms with Gasteiger partial charge in [-0.25, -0.2) is 9.59 Å². The van der Waals surface area contributed by atoms with E-state index in [1.165, 1.54) is 6.08 Å². The van der Waals surface area contributed by atoms with Crippen LogP contribution in [0.25, 0.3) is 0 Å². The van der Waals surface area contributed by atoms with Crippen LogP contribution in [0.2, 0.25) is 0 Å². The van der Waals surface area contributed by atoms with E-state index in [1.807, 2.05) is 20.8 Å². The maximum Gasteiger partial charge on any atom is 0.326 e. The minimum Gasteiger partial charge on any atom is -0.480 e. The zero-order valence-electron chi connectivity index (χ0n) is 10.7. The van der Waals surface area contributed by atoms with Crippen LogP contribution in [0.5, 0.6) is 0 Å². The minimum atomic E-state index is -1.06. The van der Waals surface area contributed by atoms with Crippen molar-refractivity contribution in [1.82, 2.24) is 10.6 Å². The van der Waals surface area contributed by atoms with Gasteiger partial charge >= 0.3 is 12.0 Å². The highest BCUT2D eigenvalue weighted by atomic mass is 16.4. The highest BCUT2D eigenvalue weighted by Crippen LogP contribution is 2.05. The van der Waals surface area contributed by atoms with Crippen molar-refractivity contribution in [3.05, 3.63) is 12.7 Å². The van der Waals surface area contributed by atoms with Gasteiger partial charge in [0.25, 0.3) is 0 Å². The monoisotopic (exact) mass is 242 g/mol. The van der Waals surface area contributed by atoms with E-state index >= 15 is 0 Å². The zero-order chi connectivity index (χ0) is 13.4. The quantitative estimate of drug-likeness (QED) is 0.595. The fourth-order valence-corrected chi connectivity index (χ4v) is 1.50. The van der Waals surface area contributed by atoms with Gasteiger partial charge in [-0.05, 0) is 18.8 Å². The molecule has 0 aromatic carbocycles. The molecule has 0 heterocycles. The second-order valence-corrected chi connectivity index (χ2v) is 4.29. The minimum absolute atomic E-state index is 0.0492. The van der Waals surface area contributed by atoms with Gasteiger partial charge in [-0.15, -0.1) is 6.58 Å². The van der Waals surface area contributed by atoms with Gasteiger partial charge in [0.15, 0.2) is 0 Å². The molecule has 98 valence electrons. The Morgan fingerprint density at radius 1 is 1.35 bits per heavy atom. The smallest absolute Gasteiger partial charge is 0.326 e. The molecule has 3 N–H and O–H groups in total. The third-order valence-electron chi connectivity index (χ3n) is 2.57. The lowest BCUT2D eigenvalue weighted by Gasteiger charge is -2.22. The van der Waals surface area contributed by atoms with Crippen LogP contribution in [-0.2, 0) is 4.79 Å². The average Bonchev–Trinajstić information content (AvgIpc) is 2.24. The number of urea groups is 1. The molecule has 2 unspecified atom stereocenters. The standard InChI is InChI=1S/C12H22N2O3/c1-5-7-10(11(15)16)14-12(17)13-9(6-2)8(3)4/h5,8-10H,1,6-7H2,2-4H3,(H,15,16)(H2,13,14,17). The number of hydrogen-bond acceptors (Lipinski definition) is 2. The van der Waals surface area contributed by atoms with Crippen LogP contribution >= 0.6 is 0 Å². The third-order valence-corrected chi connectivity index (χ3v) is 2.57. The number of carbonyl (C=O) groups is 2. The fraction of sp³-hybridized carbons (Fsp3) is 0.667. The van der Waals surface area contributed by atoms with E-state index in [1.54, 1.807) is 0 Å². The van der Waals surface area contributed by atoms with Crippen LogP contribution in [0.1, 0.15) is 33.6 Å². The first-order valence-electron chi connectivity index (χ1n) is 5.83. The lowest BCUT2D eigenvalue weighted by Crippen LogP contribution is -2.49. The van der Waals surface area contributed by atoms with Crippen molar-refractivity contribution in [2.75, 3.05) is 0 Å². The Labute approximate surface area is 102 Å². The lowest BCUT2D eigenvalue weighted by atomic mass is 10.0. The summed E-state index contributed by atoms with van der Waals surface area (Å²) in [5, 5.41) is 14.0. The Bertz CT molecular complexity index is 277. The highest BCUT2D eigenvalue weighted by Gasteiger charge is 2.20. The molecule has 0 fully saturated rings. The molecule has 17 heavy (non-hydrogen) atoms. The molecule has 0 radical (unpaired) electrons. The maximum absolute atomic E-state index is 11.6. The molecule has 0 saturated heterocycles. The van der Waals surface area contributed by atoms with Gasteiger partial charge in [0.2, 0.25) is 0 Å². The molecule has 0 saturated carbocycles. The van der Waals surface area contributed by atoms with Crippen molar-refractivity contribution < 1.29 is 14.7 Å². The van der Waals surface area contributed by atoms with Crippen LogP contribution in [0.15, 0.2) is 12.7 Å². The number of carbonyl (C=O) groups excluding carboxylic acids is 1. The van der Waals surface area contributed by atoms with Crippen LogP contribution in [0, 0.1) is 5.92 Å². The van der Waals surface area contributed by atoms with E-state index in [0.717, 1.165) is 6.42 Å². The first-order chi connectivity index (χ1) is 7.92. The van der Waals surface area contributed by atoms with E-state index in [2.05, 4.69) is 17.2 Å². The predicted octanol–water partition coefficient (Wildman–Crippen LogP) is 1.75. The molecule has 0 aromatic rings. The number of hydrogen-bond donors (Lipinski definition) is 3. The fourth-order valence-electron chi connectivity index (χ4n) is 1.50. The van der Waals surface area contributed by atoms with Gasteiger partial charge in [0, 0.05) is 6.04 Å². The molecule has 0 aliphatic heterocycles. The van der Waals surface area contributed by atoms with Crippen molar-refractivity contribution in [2.45, 2.75) is 45.7 Å². The number of aliphatic carboxylic acids is 1. The van der Waals surface area contributed by atoms with Gasteiger partial charge in [0.05, 0.1) is 0 Å². The second kappa shape index (κ2) is 7.70. The third kappa shape index (κ3) is 5.94. The summed E-state index contributed by atoms with van der Waals surface area (Å²) in [4.78, 5) is 22.4. The SMILES string of the molecule is C=CCC(NC(=O)NC(CC)C(C)C)C(=O)O. The summed E-state index contributed by atoms with van der Waals surface area (Å²) in [6, 6.07) is -1.31. The Balaban J connectivity index is 4.31. The van der Waals surface area contributed by atoms with Gasteiger partial charge < -0.3 is 15.7 Å². The van der Waals surface area contributed by atoms with Crippen molar-refractivity contribution >= 4 is 12.0 Å². The highest BCUT2D eigenvalue weighted by molar-refractivity contribution is 5.82. The van der Waals surface area contributed by atoms with Crippen molar-refractivity contribution in [3.8, 4) is 0 Å². The first kappa shape index (κ1) is 15.5. The van der Waals surface area contributed by atoms with E-state index in [-0.39, 0.29) is 12.5 Å². The van der Waals surface area contributed by atoms with Crippen LogP contribution in [-0.4, -0.2) is 29.2 Å². The summed E-state index contributed by atoms with van der Waals surface area (Å²) in [5.41, 5.74) is 0. The molecular formula is C12H22N2O3. The van der Waals surface area contributed by atoms with E-state index in [0.29, 0.717) is 5.92 Å². The van der Waals surface area contributed by atoms with Gasteiger partial charge in [-0.1, -0.05) is 26.8 Å². The van der Waals surface area contributed by atoms with Crippen molar-refractivity contribution in [3.63, 3.8) is 0 Å². The molecule has 0 aliphatic carbocycles. The normalized spacial score (nSPS) is 13.9. The maximum atomic E-state index is 11.6. The van der Waals surface area contributed by atoms with Crippen LogP contribution < -0.4 is 10.6 Å².